The molecule has 2 atom stereocenters. The molecule has 4 fully saturated rings. The van der Waals surface area contributed by atoms with E-state index in [4.69, 9.17) is 0 Å². The van der Waals surface area contributed by atoms with E-state index < -0.39 is 0 Å². The van der Waals surface area contributed by atoms with Gasteiger partial charge < -0.3 is 15.7 Å². The fourth-order valence-corrected chi connectivity index (χ4v) is 8.45. The zero-order valence-corrected chi connectivity index (χ0v) is 21.6. The third-order valence-corrected chi connectivity index (χ3v) is 9.61. The summed E-state index contributed by atoms with van der Waals surface area (Å²) < 4.78 is 0. The topological polar surface area (TPSA) is 44.3 Å². The van der Waals surface area contributed by atoms with Gasteiger partial charge in [-0.15, -0.1) is 0 Å². The van der Waals surface area contributed by atoms with Crippen LogP contribution in [-0.4, -0.2) is 23.3 Å². The number of hydrogen-bond acceptors (Lipinski definition) is 3. The first-order valence-electron chi connectivity index (χ1n) is 14.5. The Morgan fingerprint density at radius 1 is 0.943 bits per heavy atom. The predicted molar refractivity (Wildman–Crippen MR) is 145 cm³/mol. The number of fused-ring (bicyclic) bond motifs is 1. The number of aliphatic hydroxyl groups excluding tert-OH is 1. The molecular weight excluding hydrogens is 428 g/mol. The van der Waals surface area contributed by atoms with E-state index in [-0.39, 0.29) is 12.6 Å². The number of anilines is 1. The van der Waals surface area contributed by atoms with E-state index in [0.29, 0.717) is 11.6 Å². The van der Waals surface area contributed by atoms with Gasteiger partial charge in [0.2, 0.25) is 0 Å². The Morgan fingerprint density at radius 3 is 2.31 bits per heavy atom. The zero-order valence-electron chi connectivity index (χ0n) is 21.6. The van der Waals surface area contributed by atoms with Gasteiger partial charge in [-0.05, 0) is 116 Å². The van der Waals surface area contributed by atoms with Crippen LogP contribution in [0.15, 0.2) is 42.5 Å². The van der Waals surface area contributed by atoms with E-state index in [9.17, 15) is 5.11 Å². The van der Waals surface area contributed by atoms with Gasteiger partial charge in [-0.25, -0.2) is 0 Å². The van der Waals surface area contributed by atoms with E-state index in [1.807, 2.05) is 0 Å². The molecule has 1 aliphatic heterocycles. The summed E-state index contributed by atoms with van der Waals surface area (Å²) in [6.07, 6.45) is 15.3. The molecule has 3 nitrogen and oxygen atoms in total. The summed E-state index contributed by atoms with van der Waals surface area (Å²) in [5, 5.41) is 17.3. The summed E-state index contributed by atoms with van der Waals surface area (Å²) >= 11 is 0. The molecule has 0 saturated heterocycles. The van der Waals surface area contributed by atoms with Crippen molar-refractivity contribution in [3.05, 3.63) is 64.7 Å². The van der Waals surface area contributed by atoms with Crippen LogP contribution in [0.4, 0.5) is 5.69 Å². The molecule has 3 N–H and O–H groups in total. The highest BCUT2D eigenvalue weighted by molar-refractivity contribution is 5.50. The molecule has 0 unspecified atom stereocenters. The summed E-state index contributed by atoms with van der Waals surface area (Å²) in [6, 6.07) is 17.3. The Bertz CT molecular complexity index is 977. The van der Waals surface area contributed by atoms with Crippen molar-refractivity contribution in [1.29, 1.82) is 0 Å². The first-order valence-corrected chi connectivity index (χ1v) is 14.5. The molecule has 4 saturated carbocycles. The van der Waals surface area contributed by atoms with Gasteiger partial charge in [0.05, 0.1) is 6.04 Å². The lowest BCUT2D eigenvalue weighted by Crippen LogP contribution is -2.54. The number of benzene rings is 2. The van der Waals surface area contributed by atoms with Crippen LogP contribution < -0.4 is 10.6 Å². The van der Waals surface area contributed by atoms with Crippen molar-refractivity contribution in [1.82, 2.24) is 5.32 Å². The van der Waals surface area contributed by atoms with Crippen molar-refractivity contribution in [3.8, 4) is 0 Å². The zero-order chi connectivity index (χ0) is 23.8. The van der Waals surface area contributed by atoms with Crippen LogP contribution in [0.25, 0.3) is 0 Å². The molecule has 0 aromatic heterocycles. The Hall–Kier alpha value is -1.84. The van der Waals surface area contributed by atoms with Crippen molar-refractivity contribution in [2.75, 3.05) is 11.9 Å². The molecule has 0 spiro atoms. The maximum Gasteiger partial charge on any atom is 0.0581 e. The van der Waals surface area contributed by atoms with Gasteiger partial charge >= 0.3 is 0 Å². The Labute approximate surface area is 212 Å². The SMILES string of the molecule is CCCC[C@H]1Cc2cc(CCCO)ccc2[C@H](c2ccc(NC34CC5CC(CC(C5)C3)C4)cc2)N1. The van der Waals surface area contributed by atoms with Gasteiger partial charge in [0, 0.05) is 23.9 Å². The highest BCUT2D eigenvalue weighted by atomic mass is 16.2. The monoisotopic (exact) mass is 472 g/mol. The Balaban J connectivity index is 1.21. The van der Waals surface area contributed by atoms with Gasteiger partial charge in [-0.1, -0.05) is 50.1 Å². The molecule has 4 aliphatic carbocycles. The lowest BCUT2D eigenvalue weighted by molar-refractivity contribution is 0.0107. The minimum absolute atomic E-state index is 0.265. The van der Waals surface area contributed by atoms with Crippen molar-refractivity contribution >= 4 is 5.69 Å². The smallest absolute Gasteiger partial charge is 0.0581 e. The van der Waals surface area contributed by atoms with Gasteiger partial charge in [-0.3, -0.25) is 0 Å². The molecular formula is C32H44N2O. The van der Waals surface area contributed by atoms with E-state index in [2.05, 4.69) is 60.0 Å². The number of aliphatic hydroxyl groups is 1. The fourth-order valence-electron chi connectivity index (χ4n) is 8.45. The van der Waals surface area contributed by atoms with E-state index in [1.165, 1.54) is 85.7 Å². The molecule has 0 amide bonds. The molecule has 0 radical (unpaired) electrons. The van der Waals surface area contributed by atoms with E-state index in [1.54, 1.807) is 0 Å². The second-order valence-electron chi connectivity index (χ2n) is 12.4. The highest BCUT2D eigenvalue weighted by Crippen LogP contribution is 2.56. The average molecular weight is 473 g/mol. The number of hydrogen-bond donors (Lipinski definition) is 3. The lowest BCUT2D eigenvalue weighted by Gasteiger charge is -2.57. The van der Waals surface area contributed by atoms with Gasteiger partial charge in [0.25, 0.3) is 0 Å². The maximum absolute atomic E-state index is 9.27. The Morgan fingerprint density at radius 2 is 1.66 bits per heavy atom. The highest BCUT2D eigenvalue weighted by Gasteiger charge is 2.50. The molecule has 2 aromatic rings. The van der Waals surface area contributed by atoms with Crippen LogP contribution in [0.5, 0.6) is 0 Å². The first-order chi connectivity index (χ1) is 17.1. The minimum atomic E-state index is 0.265. The van der Waals surface area contributed by atoms with Crippen LogP contribution >= 0.6 is 0 Å². The number of unbranched alkanes of at least 4 members (excludes halogenated alkanes) is 1. The predicted octanol–water partition coefficient (Wildman–Crippen LogP) is 6.79. The summed E-state index contributed by atoms with van der Waals surface area (Å²) in [7, 11) is 0. The molecule has 3 heteroatoms. The van der Waals surface area contributed by atoms with Crippen molar-refractivity contribution in [2.45, 2.75) is 102 Å². The van der Waals surface area contributed by atoms with E-state index in [0.717, 1.165) is 37.0 Å². The average Bonchev–Trinajstić information content (AvgIpc) is 2.85. The van der Waals surface area contributed by atoms with Gasteiger partial charge in [0.15, 0.2) is 0 Å². The molecule has 35 heavy (non-hydrogen) atoms. The van der Waals surface area contributed by atoms with Crippen LogP contribution in [0.1, 0.15) is 99.4 Å². The second kappa shape index (κ2) is 9.90. The van der Waals surface area contributed by atoms with Crippen LogP contribution in [-0.2, 0) is 12.8 Å². The number of aryl methyl sites for hydroxylation is 1. The van der Waals surface area contributed by atoms with Crippen LogP contribution in [0.3, 0.4) is 0 Å². The Kier molecular flexibility index (Phi) is 6.66. The fraction of sp³-hybridized carbons (Fsp3) is 0.625. The van der Waals surface area contributed by atoms with Crippen molar-refractivity contribution in [3.63, 3.8) is 0 Å². The quantitative estimate of drug-likeness (QED) is 0.377. The molecule has 7 rings (SSSR count). The third-order valence-electron chi connectivity index (χ3n) is 9.61. The molecule has 188 valence electrons. The molecule has 4 bridgehead atoms. The minimum Gasteiger partial charge on any atom is -0.396 e. The van der Waals surface area contributed by atoms with Crippen LogP contribution in [0, 0.1) is 17.8 Å². The standard InChI is InChI=1S/C32H44N2O/c1-2-3-6-29-18-27-17-22(5-4-13-35)7-12-30(27)31(33-29)26-8-10-28(11-9-26)34-32-19-23-14-24(20-32)16-25(15-23)21-32/h7-12,17,23-25,29,31,33-35H,2-6,13-16,18-21H2,1H3/t23?,24?,25?,29-,31-,32?/m0/s1. The largest absolute Gasteiger partial charge is 0.396 e. The van der Waals surface area contributed by atoms with Crippen LogP contribution in [0.2, 0.25) is 0 Å². The maximum atomic E-state index is 9.27. The summed E-state index contributed by atoms with van der Waals surface area (Å²) in [6.45, 7) is 2.56. The molecule has 5 aliphatic rings. The van der Waals surface area contributed by atoms with Crippen molar-refractivity contribution in [2.24, 2.45) is 17.8 Å². The third kappa shape index (κ3) is 4.91. The normalized spacial score (nSPS) is 33.0. The summed E-state index contributed by atoms with van der Waals surface area (Å²) in [4.78, 5) is 0. The molecule has 2 aromatic carbocycles. The first kappa shape index (κ1) is 23.6. The number of rotatable bonds is 9. The van der Waals surface area contributed by atoms with E-state index >= 15 is 0 Å². The molecule has 1 heterocycles. The summed E-state index contributed by atoms with van der Waals surface area (Å²) in [5.41, 5.74) is 7.36. The lowest BCUT2D eigenvalue weighted by atomic mass is 9.53. The summed E-state index contributed by atoms with van der Waals surface area (Å²) in [5.74, 6) is 2.91. The second-order valence-corrected chi connectivity index (χ2v) is 12.4. The van der Waals surface area contributed by atoms with Gasteiger partial charge in [0.1, 0.15) is 0 Å². The number of nitrogens with one attached hydrogen (secondary N) is 2. The van der Waals surface area contributed by atoms with Crippen molar-refractivity contribution < 1.29 is 5.11 Å². The van der Waals surface area contributed by atoms with Gasteiger partial charge in [-0.2, -0.15) is 0 Å².